The third-order valence-electron chi connectivity index (χ3n) is 2.73. The van der Waals surface area contributed by atoms with Crippen LogP contribution >= 0.6 is 11.6 Å². The van der Waals surface area contributed by atoms with Crippen LogP contribution in [-0.4, -0.2) is 4.98 Å². The number of hydrogen-bond donors (Lipinski definition) is 2. The van der Waals surface area contributed by atoms with E-state index in [0.717, 1.165) is 0 Å². The van der Waals surface area contributed by atoms with Crippen LogP contribution in [0.4, 0.5) is 10.1 Å². The van der Waals surface area contributed by atoms with Crippen LogP contribution in [0.3, 0.4) is 0 Å². The van der Waals surface area contributed by atoms with Gasteiger partial charge in [-0.3, -0.25) is 4.79 Å². The van der Waals surface area contributed by atoms with Crippen molar-refractivity contribution in [3.8, 4) is 11.1 Å². The zero-order chi connectivity index (χ0) is 13.3. The molecule has 0 aliphatic heterocycles. The Morgan fingerprint density at radius 1 is 1.33 bits per heavy atom. The lowest BCUT2D eigenvalue weighted by Crippen LogP contribution is -2.14. The summed E-state index contributed by atoms with van der Waals surface area (Å²) < 4.78 is 13.7. The largest absolute Gasteiger partial charge is 0.397 e. The number of rotatable bonds is 2. The van der Waals surface area contributed by atoms with Crippen LogP contribution in [0.25, 0.3) is 11.1 Å². The Kier molecular flexibility index (Phi) is 3.39. The Balaban J connectivity index is 2.68. The number of nitrogen functional groups attached to an aromatic ring is 1. The lowest BCUT2D eigenvalue weighted by Gasteiger charge is -2.07. The fourth-order valence-electron chi connectivity index (χ4n) is 1.78. The van der Waals surface area contributed by atoms with E-state index in [2.05, 4.69) is 4.98 Å². The maximum atomic E-state index is 13.7. The maximum Gasteiger partial charge on any atom is 0.256 e. The highest BCUT2D eigenvalue weighted by Gasteiger charge is 2.12. The molecule has 0 saturated heterocycles. The first kappa shape index (κ1) is 12.6. The second kappa shape index (κ2) is 4.82. The predicted molar refractivity (Wildman–Crippen MR) is 71.3 cm³/mol. The van der Waals surface area contributed by atoms with Gasteiger partial charge >= 0.3 is 0 Å². The van der Waals surface area contributed by atoms with E-state index < -0.39 is 5.82 Å². The van der Waals surface area contributed by atoms with Gasteiger partial charge in [0, 0.05) is 16.3 Å². The molecule has 94 valence electrons. The van der Waals surface area contributed by atoms with Crippen molar-refractivity contribution in [1.82, 2.24) is 4.98 Å². The molecule has 3 nitrogen and oxygen atoms in total. The number of halogens is 2. The number of hydrogen-bond acceptors (Lipinski definition) is 2. The summed E-state index contributed by atoms with van der Waals surface area (Å²) in [7, 11) is 0. The van der Waals surface area contributed by atoms with Crippen molar-refractivity contribution in [2.24, 2.45) is 0 Å². The van der Waals surface area contributed by atoms with Gasteiger partial charge < -0.3 is 10.7 Å². The molecule has 0 unspecified atom stereocenters. The molecule has 2 rings (SSSR count). The minimum atomic E-state index is -0.506. The summed E-state index contributed by atoms with van der Waals surface area (Å²) in [6, 6.07) is 5.54. The van der Waals surface area contributed by atoms with Crippen LogP contribution in [-0.2, 0) is 6.42 Å². The van der Waals surface area contributed by atoms with Gasteiger partial charge in [-0.15, -0.1) is 0 Å². The number of aromatic nitrogens is 1. The van der Waals surface area contributed by atoms with E-state index in [-0.39, 0.29) is 16.7 Å². The third kappa shape index (κ3) is 2.24. The smallest absolute Gasteiger partial charge is 0.256 e. The molecule has 0 saturated carbocycles. The number of nitrogens with two attached hydrogens (primary N) is 1. The third-order valence-corrected chi connectivity index (χ3v) is 2.96. The van der Waals surface area contributed by atoms with Gasteiger partial charge in [-0.2, -0.15) is 0 Å². The second-order valence-corrected chi connectivity index (χ2v) is 4.36. The topological polar surface area (TPSA) is 58.9 Å². The van der Waals surface area contributed by atoms with E-state index in [1.54, 1.807) is 0 Å². The van der Waals surface area contributed by atoms with Crippen LogP contribution in [0.2, 0.25) is 5.02 Å². The van der Waals surface area contributed by atoms with Crippen LogP contribution in [0.5, 0.6) is 0 Å². The van der Waals surface area contributed by atoms with Crippen LogP contribution < -0.4 is 11.3 Å². The molecular weight excluding hydrogens is 255 g/mol. The van der Waals surface area contributed by atoms with E-state index in [0.29, 0.717) is 22.8 Å². The molecule has 0 aliphatic rings. The number of benzene rings is 1. The predicted octanol–water partition coefficient (Wildman–Crippen LogP) is 2.98. The molecule has 0 radical (unpaired) electrons. The van der Waals surface area contributed by atoms with Crippen LogP contribution in [0, 0.1) is 5.82 Å². The summed E-state index contributed by atoms with van der Waals surface area (Å²) in [6.45, 7) is 1.88. The molecule has 0 spiro atoms. The van der Waals surface area contributed by atoms with E-state index in [1.165, 1.54) is 24.3 Å². The Bertz CT molecular complexity index is 652. The summed E-state index contributed by atoms with van der Waals surface area (Å²) in [6.07, 6.45) is 0.610. The zero-order valence-electron chi connectivity index (χ0n) is 9.76. The van der Waals surface area contributed by atoms with Gasteiger partial charge in [-0.1, -0.05) is 18.5 Å². The Morgan fingerprint density at radius 2 is 2.06 bits per heavy atom. The molecule has 0 atom stereocenters. The lowest BCUT2D eigenvalue weighted by atomic mass is 10.1. The van der Waals surface area contributed by atoms with Gasteiger partial charge in [0.25, 0.3) is 5.56 Å². The summed E-state index contributed by atoms with van der Waals surface area (Å²) in [5.41, 5.74) is 6.84. The first-order valence-electron chi connectivity index (χ1n) is 5.50. The van der Waals surface area contributed by atoms with Gasteiger partial charge in [0.1, 0.15) is 5.82 Å². The quantitative estimate of drug-likeness (QED) is 0.878. The number of anilines is 1. The maximum absolute atomic E-state index is 13.7. The fourth-order valence-corrected chi connectivity index (χ4v) is 1.95. The molecule has 18 heavy (non-hydrogen) atoms. The molecule has 0 amide bonds. The van der Waals surface area contributed by atoms with E-state index in [9.17, 15) is 9.18 Å². The average molecular weight is 267 g/mol. The fraction of sp³-hybridized carbons (Fsp3) is 0.154. The lowest BCUT2D eigenvalue weighted by molar-refractivity contribution is 0.631. The Labute approximate surface area is 108 Å². The highest BCUT2D eigenvalue weighted by atomic mass is 35.5. The minimum Gasteiger partial charge on any atom is -0.397 e. The number of nitrogens with one attached hydrogen (secondary N) is 1. The molecule has 0 aliphatic carbocycles. The summed E-state index contributed by atoms with van der Waals surface area (Å²) in [5, 5.41) is 0.365. The molecule has 1 aromatic carbocycles. The minimum absolute atomic E-state index is 0.151. The zero-order valence-corrected chi connectivity index (χ0v) is 10.5. The van der Waals surface area contributed by atoms with Crippen molar-refractivity contribution in [2.45, 2.75) is 13.3 Å². The number of aromatic amines is 1. The van der Waals surface area contributed by atoms with E-state index >= 15 is 0 Å². The van der Waals surface area contributed by atoms with E-state index in [4.69, 9.17) is 17.3 Å². The van der Waals surface area contributed by atoms with Gasteiger partial charge in [-0.05, 0) is 30.7 Å². The molecule has 1 aromatic heterocycles. The molecule has 5 heteroatoms. The molecule has 3 N–H and O–H groups in total. The van der Waals surface area contributed by atoms with Gasteiger partial charge in [-0.25, -0.2) is 4.39 Å². The van der Waals surface area contributed by atoms with Gasteiger partial charge in [0.05, 0.1) is 11.3 Å². The molecule has 1 heterocycles. The highest BCUT2D eigenvalue weighted by molar-refractivity contribution is 6.30. The number of aryl methyl sites for hydroxylation is 1. The second-order valence-electron chi connectivity index (χ2n) is 3.92. The van der Waals surface area contributed by atoms with Crippen LogP contribution in [0.1, 0.15) is 12.6 Å². The van der Waals surface area contributed by atoms with Crippen molar-refractivity contribution in [1.29, 1.82) is 0 Å². The van der Waals surface area contributed by atoms with Gasteiger partial charge in [0.15, 0.2) is 0 Å². The van der Waals surface area contributed by atoms with Crippen molar-refractivity contribution in [3.05, 3.63) is 51.2 Å². The van der Waals surface area contributed by atoms with Crippen molar-refractivity contribution in [2.75, 3.05) is 5.73 Å². The van der Waals surface area contributed by atoms with Crippen molar-refractivity contribution in [3.63, 3.8) is 0 Å². The molecule has 0 fully saturated rings. The summed E-state index contributed by atoms with van der Waals surface area (Å²) in [5.74, 6) is -0.506. The monoisotopic (exact) mass is 266 g/mol. The Morgan fingerprint density at radius 3 is 2.72 bits per heavy atom. The first-order chi connectivity index (χ1) is 8.52. The first-order valence-corrected chi connectivity index (χ1v) is 5.87. The van der Waals surface area contributed by atoms with Gasteiger partial charge in [0.2, 0.25) is 0 Å². The van der Waals surface area contributed by atoms with Crippen molar-refractivity contribution < 1.29 is 4.39 Å². The standard InChI is InChI=1S/C13H12ClFN2O/c1-2-12-11(16)6-9(13(18)17-12)8-5-7(14)3-4-10(8)15/h3-6H,2,16H2,1H3,(H,17,18). The number of pyridine rings is 1. The Hall–Kier alpha value is -1.81. The van der Waals surface area contributed by atoms with Crippen molar-refractivity contribution >= 4 is 17.3 Å². The van der Waals surface area contributed by atoms with Crippen LogP contribution in [0.15, 0.2) is 29.1 Å². The number of H-pyrrole nitrogens is 1. The molecular formula is C13H12ClFN2O. The highest BCUT2D eigenvalue weighted by Crippen LogP contribution is 2.25. The average Bonchev–Trinajstić information content (AvgIpc) is 2.35. The normalized spacial score (nSPS) is 10.6. The summed E-state index contributed by atoms with van der Waals surface area (Å²) in [4.78, 5) is 14.5. The molecule has 2 aromatic rings. The molecule has 0 bridgehead atoms. The summed E-state index contributed by atoms with van der Waals surface area (Å²) >= 11 is 5.81. The SMILES string of the molecule is CCc1[nH]c(=O)c(-c2cc(Cl)ccc2F)cc1N. The van der Waals surface area contributed by atoms with E-state index in [1.807, 2.05) is 6.92 Å².